The van der Waals surface area contributed by atoms with Gasteiger partial charge in [-0.1, -0.05) is 28.9 Å². The van der Waals surface area contributed by atoms with Crippen LogP contribution in [0, 0.1) is 0 Å². The van der Waals surface area contributed by atoms with Crippen LogP contribution in [0.1, 0.15) is 12.8 Å². The summed E-state index contributed by atoms with van der Waals surface area (Å²) in [6.45, 7) is 5.06. The summed E-state index contributed by atoms with van der Waals surface area (Å²) in [5.41, 5.74) is 0.834. The topological polar surface area (TPSA) is 80.3 Å². The summed E-state index contributed by atoms with van der Waals surface area (Å²) in [7, 11) is 0. The minimum absolute atomic E-state index is 0. The van der Waals surface area contributed by atoms with Gasteiger partial charge in [-0.25, -0.2) is 0 Å². The number of hydrogen-bond donors (Lipinski definition) is 2. The summed E-state index contributed by atoms with van der Waals surface area (Å²) in [5.74, 6) is 1.87. The second-order valence-corrected chi connectivity index (χ2v) is 6.32. The van der Waals surface area contributed by atoms with E-state index in [1.807, 2.05) is 55.7 Å². The first-order valence-electron chi connectivity index (χ1n) is 8.96. The van der Waals surface area contributed by atoms with E-state index in [2.05, 4.69) is 30.3 Å². The summed E-state index contributed by atoms with van der Waals surface area (Å²) >= 11 is 6.00. The van der Waals surface area contributed by atoms with Crippen molar-refractivity contribution in [2.75, 3.05) is 19.6 Å². The van der Waals surface area contributed by atoms with Crippen molar-refractivity contribution in [2.24, 2.45) is 4.99 Å². The van der Waals surface area contributed by atoms with Gasteiger partial charge in [0.2, 0.25) is 11.7 Å². The monoisotopic (exact) mass is 514 g/mol. The standard InChI is InChI=1S/C19H23ClN6O.HI/c1-2-21-19(23-10-13-26-11-3-4-12-26)22-9-8-17-24-18(25-27-17)15-6-5-7-16(20)14-15;/h3-7,11-12,14H,2,8-10,13H2,1H3,(H2,21,22,23);1H. The Morgan fingerprint density at radius 3 is 2.79 bits per heavy atom. The van der Waals surface area contributed by atoms with Gasteiger partial charge in [-0.3, -0.25) is 4.99 Å². The van der Waals surface area contributed by atoms with E-state index in [-0.39, 0.29) is 24.0 Å². The Morgan fingerprint density at radius 1 is 1.21 bits per heavy atom. The first-order chi connectivity index (χ1) is 13.2. The van der Waals surface area contributed by atoms with E-state index in [0.717, 1.165) is 31.2 Å². The average Bonchev–Trinajstić information content (AvgIpc) is 3.34. The van der Waals surface area contributed by atoms with Crippen molar-refractivity contribution in [3.8, 4) is 11.4 Å². The van der Waals surface area contributed by atoms with Crippen LogP contribution in [0.5, 0.6) is 0 Å². The van der Waals surface area contributed by atoms with Crippen molar-refractivity contribution in [3.63, 3.8) is 0 Å². The van der Waals surface area contributed by atoms with E-state index in [4.69, 9.17) is 16.1 Å². The van der Waals surface area contributed by atoms with Crippen LogP contribution in [0.3, 0.4) is 0 Å². The van der Waals surface area contributed by atoms with Gasteiger partial charge in [-0.2, -0.15) is 4.98 Å². The Labute approximate surface area is 186 Å². The predicted molar refractivity (Wildman–Crippen MR) is 122 cm³/mol. The molecule has 9 heteroatoms. The Kier molecular flexibility index (Phi) is 9.29. The van der Waals surface area contributed by atoms with Crippen LogP contribution in [0.4, 0.5) is 0 Å². The van der Waals surface area contributed by atoms with Crippen LogP contribution >= 0.6 is 35.6 Å². The molecule has 1 aromatic carbocycles. The molecule has 2 heterocycles. The number of benzene rings is 1. The van der Waals surface area contributed by atoms with Crippen LogP contribution in [0.15, 0.2) is 58.3 Å². The van der Waals surface area contributed by atoms with E-state index < -0.39 is 0 Å². The molecule has 0 atom stereocenters. The first-order valence-corrected chi connectivity index (χ1v) is 9.34. The molecule has 3 rings (SSSR count). The summed E-state index contributed by atoms with van der Waals surface area (Å²) in [4.78, 5) is 8.97. The largest absolute Gasteiger partial charge is 0.357 e. The molecule has 0 radical (unpaired) electrons. The number of nitrogens with zero attached hydrogens (tertiary/aromatic N) is 4. The Hall–Kier alpha value is -2.07. The van der Waals surface area contributed by atoms with Crippen molar-refractivity contribution in [1.29, 1.82) is 0 Å². The van der Waals surface area contributed by atoms with Crippen molar-refractivity contribution < 1.29 is 4.52 Å². The fraction of sp³-hybridized carbons (Fsp3) is 0.316. The lowest BCUT2D eigenvalue weighted by molar-refractivity contribution is 0.380. The molecule has 0 fully saturated rings. The highest BCUT2D eigenvalue weighted by atomic mass is 127. The quantitative estimate of drug-likeness (QED) is 0.273. The molecule has 0 amide bonds. The van der Waals surface area contributed by atoms with Gasteiger partial charge in [0.25, 0.3) is 0 Å². The molecule has 0 bridgehead atoms. The number of aliphatic imine (C=N–C) groups is 1. The highest BCUT2D eigenvalue weighted by Crippen LogP contribution is 2.19. The normalized spacial score (nSPS) is 11.1. The molecule has 0 unspecified atom stereocenters. The average molecular weight is 515 g/mol. The Balaban J connectivity index is 0.00000280. The third kappa shape index (κ3) is 6.83. The van der Waals surface area contributed by atoms with Gasteiger partial charge in [0.05, 0.1) is 6.54 Å². The van der Waals surface area contributed by atoms with Crippen LogP contribution < -0.4 is 10.6 Å². The zero-order valence-corrected chi connectivity index (χ0v) is 18.7. The summed E-state index contributed by atoms with van der Waals surface area (Å²) in [5, 5.41) is 11.2. The smallest absolute Gasteiger partial charge is 0.228 e. The highest BCUT2D eigenvalue weighted by molar-refractivity contribution is 14.0. The predicted octanol–water partition coefficient (Wildman–Crippen LogP) is 3.61. The molecule has 7 nitrogen and oxygen atoms in total. The third-order valence-electron chi connectivity index (χ3n) is 3.82. The molecule has 0 saturated carbocycles. The molecular weight excluding hydrogens is 491 g/mol. The third-order valence-corrected chi connectivity index (χ3v) is 4.05. The SMILES string of the molecule is CCNC(=NCCc1nc(-c2cccc(Cl)c2)no1)NCCn1cccc1.I. The maximum absolute atomic E-state index is 6.00. The van der Waals surface area contributed by atoms with Crippen molar-refractivity contribution in [1.82, 2.24) is 25.3 Å². The van der Waals surface area contributed by atoms with Crippen molar-refractivity contribution in [3.05, 3.63) is 59.7 Å². The molecule has 3 aromatic rings. The molecule has 0 aliphatic rings. The molecular formula is C19H24ClIN6O. The summed E-state index contributed by atoms with van der Waals surface area (Å²) in [6, 6.07) is 11.4. The van der Waals surface area contributed by atoms with Crippen molar-refractivity contribution >= 4 is 41.5 Å². The van der Waals surface area contributed by atoms with Gasteiger partial charge in [0.1, 0.15) is 0 Å². The number of nitrogens with one attached hydrogen (secondary N) is 2. The fourth-order valence-electron chi connectivity index (χ4n) is 2.53. The number of rotatable bonds is 8. The van der Waals surface area contributed by atoms with E-state index in [1.165, 1.54) is 0 Å². The fourth-order valence-corrected chi connectivity index (χ4v) is 2.72. The van der Waals surface area contributed by atoms with Crippen LogP contribution in [-0.4, -0.2) is 40.3 Å². The maximum Gasteiger partial charge on any atom is 0.228 e. The van der Waals surface area contributed by atoms with E-state index in [0.29, 0.717) is 29.7 Å². The van der Waals surface area contributed by atoms with Gasteiger partial charge in [-0.15, -0.1) is 24.0 Å². The molecule has 2 N–H and O–H groups in total. The number of halogens is 2. The van der Waals surface area contributed by atoms with Gasteiger partial charge in [0, 0.05) is 49.0 Å². The molecule has 0 aliphatic heterocycles. The number of hydrogen-bond acceptors (Lipinski definition) is 4. The summed E-state index contributed by atoms with van der Waals surface area (Å²) in [6.07, 6.45) is 4.65. The van der Waals surface area contributed by atoms with E-state index >= 15 is 0 Å². The highest BCUT2D eigenvalue weighted by Gasteiger charge is 2.08. The van der Waals surface area contributed by atoms with Crippen LogP contribution in [0.25, 0.3) is 11.4 Å². The second kappa shape index (κ2) is 11.7. The first kappa shape index (κ1) is 22.2. The van der Waals surface area contributed by atoms with Gasteiger partial charge in [0.15, 0.2) is 5.96 Å². The van der Waals surface area contributed by atoms with E-state index in [9.17, 15) is 0 Å². The minimum atomic E-state index is 0. The summed E-state index contributed by atoms with van der Waals surface area (Å²) < 4.78 is 7.43. The number of guanidine groups is 1. The van der Waals surface area contributed by atoms with Gasteiger partial charge < -0.3 is 19.7 Å². The lowest BCUT2D eigenvalue weighted by Crippen LogP contribution is -2.39. The Bertz CT molecular complexity index is 865. The van der Waals surface area contributed by atoms with Crippen LogP contribution in [-0.2, 0) is 13.0 Å². The van der Waals surface area contributed by atoms with Crippen molar-refractivity contribution in [2.45, 2.75) is 19.9 Å². The van der Waals surface area contributed by atoms with E-state index in [1.54, 1.807) is 0 Å². The van der Waals surface area contributed by atoms with Gasteiger partial charge in [-0.05, 0) is 31.2 Å². The zero-order chi connectivity index (χ0) is 18.9. The molecule has 28 heavy (non-hydrogen) atoms. The molecule has 150 valence electrons. The second-order valence-electron chi connectivity index (χ2n) is 5.88. The molecule has 0 spiro atoms. The maximum atomic E-state index is 6.00. The minimum Gasteiger partial charge on any atom is -0.357 e. The lowest BCUT2D eigenvalue weighted by Gasteiger charge is -2.11. The molecule has 0 aliphatic carbocycles. The lowest BCUT2D eigenvalue weighted by atomic mass is 10.2. The van der Waals surface area contributed by atoms with Gasteiger partial charge >= 0.3 is 0 Å². The number of aromatic nitrogens is 3. The molecule has 0 saturated heterocycles. The zero-order valence-electron chi connectivity index (χ0n) is 15.6. The Morgan fingerprint density at radius 2 is 2.04 bits per heavy atom. The van der Waals surface area contributed by atoms with Crippen LogP contribution in [0.2, 0.25) is 5.02 Å². The molecule has 2 aromatic heterocycles.